The topological polar surface area (TPSA) is 37.8 Å². The monoisotopic (exact) mass is 259 g/mol. The number of nitrogens with zero attached hydrogens (tertiary/aromatic N) is 2. The molecule has 0 aliphatic carbocycles. The van der Waals surface area contributed by atoms with E-state index in [1.54, 1.807) is 0 Å². The van der Waals surface area contributed by atoms with E-state index in [1.807, 2.05) is 20.8 Å². The van der Waals surface area contributed by atoms with Gasteiger partial charge < -0.3 is 5.32 Å². The Bertz CT molecular complexity index is 461. The standard InChI is InChI=1S/C12H16F3N3/c1-11(2,3)4-9-17-8-6-16-5-7(8)10(18-9)12(13,14)15/h16H,4-6H2,1-3H3. The molecule has 6 heteroatoms. The molecule has 2 rings (SSSR count). The zero-order chi connectivity index (χ0) is 13.6. The van der Waals surface area contributed by atoms with Gasteiger partial charge >= 0.3 is 6.18 Å². The number of alkyl halides is 3. The lowest BCUT2D eigenvalue weighted by molar-refractivity contribution is -0.142. The first kappa shape index (κ1) is 13.3. The van der Waals surface area contributed by atoms with Crippen LogP contribution < -0.4 is 5.32 Å². The summed E-state index contributed by atoms with van der Waals surface area (Å²) in [6, 6.07) is 0. The van der Waals surface area contributed by atoms with Gasteiger partial charge in [0, 0.05) is 25.1 Å². The summed E-state index contributed by atoms with van der Waals surface area (Å²) in [7, 11) is 0. The van der Waals surface area contributed by atoms with Gasteiger partial charge in [0.05, 0.1) is 5.69 Å². The van der Waals surface area contributed by atoms with Gasteiger partial charge in [-0.05, 0) is 5.41 Å². The number of halogens is 3. The van der Waals surface area contributed by atoms with Crippen molar-refractivity contribution in [2.75, 3.05) is 0 Å². The highest BCUT2D eigenvalue weighted by molar-refractivity contribution is 5.31. The highest BCUT2D eigenvalue weighted by atomic mass is 19.4. The van der Waals surface area contributed by atoms with Crippen molar-refractivity contribution in [2.45, 2.75) is 46.5 Å². The normalized spacial score (nSPS) is 15.9. The molecule has 1 aromatic rings. The summed E-state index contributed by atoms with van der Waals surface area (Å²) in [5, 5.41) is 2.89. The van der Waals surface area contributed by atoms with E-state index in [9.17, 15) is 13.2 Å². The second-order valence-electron chi connectivity index (χ2n) is 5.75. The third-order valence-corrected chi connectivity index (χ3v) is 2.69. The van der Waals surface area contributed by atoms with Crippen LogP contribution in [0.5, 0.6) is 0 Å². The fourth-order valence-electron chi connectivity index (χ4n) is 2.01. The minimum Gasteiger partial charge on any atom is -0.307 e. The quantitative estimate of drug-likeness (QED) is 0.842. The molecule has 2 heterocycles. The molecule has 0 fully saturated rings. The molecule has 18 heavy (non-hydrogen) atoms. The van der Waals surface area contributed by atoms with E-state index in [0.29, 0.717) is 18.7 Å². The maximum Gasteiger partial charge on any atom is 0.433 e. The van der Waals surface area contributed by atoms with Crippen molar-refractivity contribution in [2.24, 2.45) is 5.41 Å². The highest BCUT2D eigenvalue weighted by Crippen LogP contribution is 2.33. The molecule has 0 saturated carbocycles. The first-order valence-electron chi connectivity index (χ1n) is 5.83. The number of fused-ring (bicyclic) bond motifs is 1. The summed E-state index contributed by atoms with van der Waals surface area (Å²) >= 11 is 0. The fraction of sp³-hybridized carbons (Fsp3) is 0.667. The Labute approximate surface area is 104 Å². The molecule has 1 N–H and O–H groups in total. The summed E-state index contributed by atoms with van der Waals surface area (Å²) in [5.74, 6) is 0.275. The van der Waals surface area contributed by atoms with Crippen LogP contribution in [0.2, 0.25) is 0 Å². The minimum atomic E-state index is -4.41. The van der Waals surface area contributed by atoms with Crippen LogP contribution in [-0.2, 0) is 25.7 Å². The van der Waals surface area contributed by atoms with Gasteiger partial charge in [-0.3, -0.25) is 0 Å². The third kappa shape index (κ3) is 2.80. The van der Waals surface area contributed by atoms with Gasteiger partial charge in [-0.1, -0.05) is 20.8 Å². The average Bonchev–Trinajstić information content (AvgIpc) is 2.59. The fourth-order valence-corrected chi connectivity index (χ4v) is 2.01. The van der Waals surface area contributed by atoms with E-state index in [4.69, 9.17) is 0 Å². The second kappa shape index (κ2) is 4.19. The molecule has 0 bridgehead atoms. The van der Waals surface area contributed by atoms with Crippen LogP contribution >= 0.6 is 0 Å². The first-order chi connectivity index (χ1) is 8.17. The van der Waals surface area contributed by atoms with Crippen molar-refractivity contribution >= 4 is 0 Å². The van der Waals surface area contributed by atoms with Crippen LogP contribution in [0.15, 0.2) is 0 Å². The van der Waals surface area contributed by atoms with E-state index >= 15 is 0 Å². The van der Waals surface area contributed by atoms with Gasteiger partial charge in [0.1, 0.15) is 5.82 Å². The first-order valence-corrected chi connectivity index (χ1v) is 5.83. The Morgan fingerprint density at radius 3 is 2.33 bits per heavy atom. The Morgan fingerprint density at radius 2 is 1.78 bits per heavy atom. The lowest BCUT2D eigenvalue weighted by atomic mass is 9.92. The maximum absolute atomic E-state index is 12.9. The number of aromatic nitrogens is 2. The molecule has 0 amide bonds. The third-order valence-electron chi connectivity index (χ3n) is 2.69. The van der Waals surface area contributed by atoms with E-state index in [1.165, 1.54) is 0 Å². The molecule has 1 aromatic heterocycles. The average molecular weight is 259 g/mol. The summed E-state index contributed by atoms with van der Waals surface area (Å²) in [6.07, 6.45) is -3.98. The Balaban J connectivity index is 2.46. The molecule has 100 valence electrons. The SMILES string of the molecule is CC(C)(C)Cc1nc2c(c(C(F)(F)F)n1)CNC2. The largest absolute Gasteiger partial charge is 0.433 e. The molecular weight excluding hydrogens is 243 g/mol. The molecule has 0 spiro atoms. The van der Waals surface area contributed by atoms with Gasteiger partial charge in [-0.25, -0.2) is 9.97 Å². The molecule has 0 unspecified atom stereocenters. The van der Waals surface area contributed by atoms with Crippen LogP contribution in [-0.4, -0.2) is 9.97 Å². The second-order valence-corrected chi connectivity index (χ2v) is 5.75. The molecule has 0 atom stereocenters. The zero-order valence-electron chi connectivity index (χ0n) is 10.6. The molecule has 3 nitrogen and oxygen atoms in total. The van der Waals surface area contributed by atoms with Crippen molar-refractivity contribution in [3.05, 3.63) is 22.8 Å². The Hall–Kier alpha value is -1.17. The van der Waals surface area contributed by atoms with Gasteiger partial charge in [0.15, 0.2) is 5.69 Å². The lowest BCUT2D eigenvalue weighted by Crippen LogP contribution is -2.19. The summed E-state index contributed by atoms with van der Waals surface area (Å²) in [6.45, 7) is 6.44. The lowest BCUT2D eigenvalue weighted by Gasteiger charge is -2.18. The van der Waals surface area contributed by atoms with Gasteiger partial charge in [0.2, 0.25) is 0 Å². The minimum absolute atomic E-state index is 0.136. The van der Waals surface area contributed by atoms with Crippen molar-refractivity contribution in [3.8, 4) is 0 Å². The van der Waals surface area contributed by atoms with Crippen LogP contribution in [0, 0.1) is 5.41 Å². The molecule has 0 saturated heterocycles. The summed E-state index contributed by atoms with van der Waals surface area (Å²) in [4.78, 5) is 7.96. The van der Waals surface area contributed by atoms with Crippen molar-refractivity contribution in [3.63, 3.8) is 0 Å². The van der Waals surface area contributed by atoms with Gasteiger partial charge in [-0.2, -0.15) is 13.2 Å². The maximum atomic E-state index is 12.9. The van der Waals surface area contributed by atoms with Crippen LogP contribution in [0.3, 0.4) is 0 Å². The number of hydrogen-bond acceptors (Lipinski definition) is 3. The molecule has 1 aliphatic rings. The predicted molar refractivity (Wildman–Crippen MR) is 60.7 cm³/mol. The van der Waals surface area contributed by atoms with Crippen LogP contribution in [0.4, 0.5) is 13.2 Å². The van der Waals surface area contributed by atoms with Gasteiger partial charge in [-0.15, -0.1) is 0 Å². The summed E-state index contributed by atoms with van der Waals surface area (Å²) < 4.78 is 38.8. The number of rotatable bonds is 1. The van der Waals surface area contributed by atoms with Crippen molar-refractivity contribution in [1.82, 2.24) is 15.3 Å². The van der Waals surface area contributed by atoms with Gasteiger partial charge in [0.25, 0.3) is 0 Å². The molecule has 0 aromatic carbocycles. The van der Waals surface area contributed by atoms with E-state index in [-0.39, 0.29) is 23.3 Å². The number of nitrogens with one attached hydrogen (secondary N) is 1. The smallest absolute Gasteiger partial charge is 0.307 e. The summed E-state index contributed by atoms with van der Waals surface area (Å²) in [5.41, 5.74) is -0.239. The van der Waals surface area contributed by atoms with E-state index in [0.717, 1.165) is 0 Å². The predicted octanol–water partition coefficient (Wildman–Crippen LogP) is 2.69. The molecular formula is C12H16F3N3. The van der Waals surface area contributed by atoms with Crippen LogP contribution in [0.1, 0.15) is 43.5 Å². The Kier molecular flexibility index (Phi) is 3.09. The van der Waals surface area contributed by atoms with Crippen LogP contribution in [0.25, 0.3) is 0 Å². The zero-order valence-corrected chi connectivity index (χ0v) is 10.6. The Morgan fingerprint density at radius 1 is 1.11 bits per heavy atom. The van der Waals surface area contributed by atoms with E-state index in [2.05, 4.69) is 15.3 Å². The molecule has 0 radical (unpaired) electrons. The van der Waals surface area contributed by atoms with Crippen molar-refractivity contribution in [1.29, 1.82) is 0 Å². The molecule has 1 aliphatic heterocycles. The van der Waals surface area contributed by atoms with Crippen molar-refractivity contribution < 1.29 is 13.2 Å². The highest BCUT2D eigenvalue weighted by Gasteiger charge is 2.38. The number of hydrogen-bond donors (Lipinski definition) is 1. The van der Waals surface area contributed by atoms with E-state index < -0.39 is 11.9 Å².